The van der Waals surface area contributed by atoms with E-state index < -0.39 is 10.0 Å². The van der Waals surface area contributed by atoms with Gasteiger partial charge in [-0.15, -0.1) is 0 Å². The van der Waals surface area contributed by atoms with Crippen molar-refractivity contribution in [3.63, 3.8) is 0 Å². The maximum Gasteiger partial charge on any atom is 0.231 e. The van der Waals surface area contributed by atoms with Gasteiger partial charge in [0, 0.05) is 19.5 Å². The zero-order valence-electron chi connectivity index (χ0n) is 10.8. The summed E-state index contributed by atoms with van der Waals surface area (Å²) in [5, 5.41) is 3.86. The number of nitrogens with zero attached hydrogens (tertiary/aromatic N) is 3. The average molecular weight is 273 g/mol. The molecule has 2 rings (SSSR count). The summed E-state index contributed by atoms with van der Waals surface area (Å²) in [5.41, 5.74) is 0. The molecular formula is C11H19N3O3S. The van der Waals surface area contributed by atoms with Gasteiger partial charge in [-0.25, -0.2) is 12.7 Å². The Labute approximate surface area is 107 Å². The van der Waals surface area contributed by atoms with Crippen molar-refractivity contribution in [1.29, 1.82) is 0 Å². The molecule has 18 heavy (non-hydrogen) atoms. The molecule has 1 fully saturated rings. The lowest BCUT2D eigenvalue weighted by atomic mass is 10.00. The maximum absolute atomic E-state index is 11.9. The number of aryl methyl sites for hydroxylation is 1. The van der Waals surface area contributed by atoms with Crippen LogP contribution in [0.4, 0.5) is 0 Å². The molecule has 0 N–H and O–H groups in total. The highest BCUT2D eigenvalue weighted by Crippen LogP contribution is 2.27. The van der Waals surface area contributed by atoms with Gasteiger partial charge in [-0.2, -0.15) is 4.98 Å². The normalized spacial score (nSPS) is 22.2. The SMILES string of the molecule is CCc1noc(C2CCCN(S(=O)(=O)CC)C2)n1. The summed E-state index contributed by atoms with van der Waals surface area (Å²) in [4.78, 5) is 4.30. The standard InChI is InChI=1S/C11H19N3O3S/c1-3-10-12-11(17-13-10)9-6-5-7-14(8-9)18(15,16)4-2/h9H,3-8H2,1-2H3. The number of hydrogen-bond acceptors (Lipinski definition) is 5. The van der Waals surface area contributed by atoms with E-state index in [0.29, 0.717) is 24.8 Å². The van der Waals surface area contributed by atoms with Crippen LogP contribution in [0.5, 0.6) is 0 Å². The third-order valence-corrected chi connectivity index (χ3v) is 5.14. The third kappa shape index (κ3) is 2.72. The molecule has 0 aliphatic carbocycles. The van der Waals surface area contributed by atoms with E-state index in [4.69, 9.17) is 4.52 Å². The second-order valence-corrected chi connectivity index (χ2v) is 6.76. The van der Waals surface area contributed by atoms with Crippen LogP contribution in [-0.4, -0.2) is 41.7 Å². The van der Waals surface area contributed by atoms with Crippen molar-refractivity contribution in [2.75, 3.05) is 18.8 Å². The second kappa shape index (κ2) is 5.36. The summed E-state index contributed by atoms with van der Waals surface area (Å²) in [5.74, 6) is 1.43. The third-order valence-electron chi connectivity index (χ3n) is 3.29. The largest absolute Gasteiger partial charge is 0.339 e. The Hall–Kier alpha value is -0.950. The molecule has 0 saturated carbocycles. The molecule has 102 valence electrons. The quantitative estimate of drug-likeness (QED) is 0.822. The lowest BCUT2D eigenvalue weighted by Crippen LogP contribution is -2.39. The lowest BCUT2D eigenvalue weighted by Gasteiger charge is -2.29. The number of aromatic nitrogens is 2. The first kappa shape index (κ1) is 13.5. The smallest absolute Gasteiger partial charge is 0.231 e. The zero-order chi connectivity index (χ0) is 13.2. The van der Waals surface area contributed by atoms with Crippen LogP contribution in [-0.2, 0) is 16.4 Å². The fourth-order valence-electron chi connectivity index (χ4n) is 2.16. The van der Waals surface area contributed by atoms with Gasteiger partial charge in [0.05, 0.1) is 11.7 Å². The molecule has 1 saturated heterocycles. The molecular weight excluding hydrogens is 254 g/mol. The van der Waals surface area contributed by atoms with E-state index in [0.717, 1.165) is 19.3 Å². The van der Waals surface area contributed by atoms with Crippen LogP contribution in [0.1, 0.15) is 44.3 Å². The minimum absolute atomic E-state index is 0.0351. The van der Waals surface area contributed by atoms with Gasteiger partial charge in [0.25, 0.3) is 0 Å². The predicted molar refractivity (Wildman–Crippen MR) is 66.7 cm³/mol. The van der Waals surface area contributed by atoms with Crippen molar-refractivity contribution in [1.82, 2.24) is 14.4 Å². The first-order valence-corrected chi connectivity index (χ1v) is 7.98. The first-order valence-electron chi connectivity index (χ1n) is 6.37. The molecule has 1 unspecified atom stereocenters. The summed E-state index contributed by atoms with van der Waals surface area (Å²) >= 11 is 0. The topological polar surface area (TPSA) is 76.3 Å². The molecule has 2 heterocycles. The zero-order valence-corrected chi connectivity index (χ0v) is 11.6. The number of sulfonamides is 1. The van der Waals surface area contributed by atoms with Gasteiger partial charge in [-0.3, -0.25) is 0 Å². The number of rotatable bonds is 4. The van der Waals surface area contributed by atoms with Crippen molar-refractivity contribution in [2.24, 2.45) is 0 Å². The van der Waals surface area contributed by atoms with E-state index in [-0.39, 0.29) is 11.7 Å². The van der Waals surface area contributed by atoms with Crippen molar-refractivity contribution in [3.05, 3.63) is 11.7 Å². The van der Waals surface area contributed by atoms with Gasteiger partial charge in [-0.1, -0.05) is 12.1 Å². The molecule has 0 radical (unpaired) electrons. The molecule has 0 amide bonds. The predicted octanol–water partition coefficient (Wildman–Crippen LogP) is 1.16. The van der Waals surface area contributed by atoms with Crippen molar-refractivity contribution >= 4 is 10.0 Å². The van der Waals surface area contributed by atoms with Crippen molar-refractivity contribution < 1.29 is 12.9 Å². The van der Waals surface area contributed by atoms with E-state index in [1.54, 1.807) is 6.92 Å². The van der Waals surface area contributed by atoms with Crippen LogP contribution < -0.4 is 0 Å². The van der Waals surface area contributed by atoms with Gasteiger partial charge in [0.15, 0.2) is 5.82 Å². The highest BCUT2D eigenvalue weighted by atomic mass is 32.2. The summed E-state index contributed by atoms with van der Waals surface area (Å²) in [6, 6.07) is 0. The van der Waals surface area contributed by atoms with Gasteiger partial charge < -0.3 is 4.52 Å². The van der Waals surface area contributed by atoms with Crippen LogP contribution in [0.15, 0.2) is 4.52 Å². The Morgan fingerprint density at radius 2 is 2.22 bits per heavy atom. The maximum atomic E-state index is 11.9. The molecule has 6 nitrogen and oxygen atoms in total. The minimum Gasteiger partial charge on any atom is -0.339 e. The number of hydrogen-bond donors (Lipinski definition) is 0. The molecule has 1 atom stereocenters. The molecule has 1 aliphatic rings. The van der Waals surface area contributed by atoms with Gasteiger partial charge >= 0.3 is 0 Å². The molecule has 0 bridgehead atoms. The Morgan fingerprint density at radius 1 is 1.44 bits per heavy atom. The van der Waals surface area contributed by atoms with Gasteiger partial charge in [-0.05, 0) is 19.8 Å². The van der Waals surface area contributed by atoms with Crippen LogP contribution in [0.2, 0.25) is 0 Å². The molecule has 1 aromatic rings. The van der Waals surface area contributed by atoms with Crippen molar-refractivity contribution in [2.45, 2.75) is 39.0 Å². The average Bonchev–Trinajstić information content (AvgIpc) is 2.88. The fourth-order valence-corrected chi connectivity index (χ4v) is 3.34. The first-order chi connectivity index (χ1) is 8.56. The summed E-state index contributed by atoms with van der Waals surface area (Å²) in [7, 11) is -3.12. The van der Waals surface area contributed by atoms with Crippen LogP contribution in [0.25, 0.3) is 0 Å². The second-order valence-electron chi connectivity index (χ2n) is 4.50. The number of piperidine rings is 1. The fraction of sp³-hybridized carbons (Fsp3) is 0.818. The Balaban J connectivity index is 2.11. The Bertz CT molecular complexity index is 497. The minimum atomic E-state index is -3.12. The molecule has 1 aliphatic heterocycles. The van der Waals surface area contributed by atoms with Crippen molar-refractivity contribution in [3.8, 4) is 0 Å². The van der Waals surface area contributed by atoms with Crippen LogP contribution in [0.3, 0.4) is 0 Å². The lowest BCUT2D eigenvalue weighted by molar-refractivity contribution is 0.265. The summed E-state index contributed by atoms with van der Waals surface area (Å²) in [6.07, 6.45) is 2.47. The Morgan fingerprint density at radius 3 is 2.83 bits per heavy atom. The van der Waals surface area contributed by atoms with E-state index >= 15 is 0 Å². The molecule has 0 spiro atoms. The van der Waals surface area contributed by atoms with E-state index in [2.05, 4.69) is 10.1 Å². The summed E-state index contributed by atoms with van der Waals surface area (Å²) < 4.78 is 30.4. The Kier molecular flexibility index (Phi) is 4.01. The van der Waals surface area contributed by atoms with Gasteiger partial charge in [0.1, 0.15) is 0 Å². The van der Waals surface area contributed by atoms with Crippen LogP contribution >= 0.6 is 0 Å². The molecule has 0 aromatic carbocycles. The highest BCUT2D eigenvalue weighted by Gasteiger charge is 2.31. The molecule has 7 heteroatoms. The van der Waals surface area contributed by atoms with E-state index in [1.165, 1.54) is 4.31 Å². The highest BCUT2D eigenvalue weighted by molar-refractivity contribution is 7.89. The van der Waals surface area contributed by atoms with E-state index in [9.17, 15) is 8.42 Å². The summed E-state index contributed by atoms with van der Waals surface area (Å²) in [6.45, 7) is 4.69. The van der Waals surface area contributed by atoms with Crippen LogP contribution in [0, 0.1) is 0 Å². The van der Waals surface area contributed by atoms with E-state index in [1.807, 2.05) is 6.92 Å². The van der Waals surface area contributed by atoms with Gasteiger partial charge in [0.2, 0.25) is 15.9 Å². The molecule has 1 aromatic heterocycles. The monoisotopic (exact) mass is 273 g/mol.